The molecule has 0 fully saturated rings. The molecule has 2 rings (SSSR count). The predicted octanol–water partition coefficient (Wildman–Crippen LogP) is 3.22. The van der Waals surface area contributed by atoms with E-state index in [-0.39, 0.29) is 6.04 Å². The van der Waals surface area contributed by atoms with Gasteiger partial charge in [0.2, 0.25) is 0 Å². The summed E-state index contributed by atoms with van der Waals surface area (Å²) in [6.45, 7) is 2.16. The van der Waals surface area contributed by atoms with Crippen LogP contribution in [0.25, 0.3) is 0 Å². The SMILES string of the molecule is CCc1ccc(CC(NC)c2ccc(S(C)(=O)=O)cc2)s1. The molecule has 21 heavy (non-hydrogen) atoms. The van der Waals surface area contributed by atoms with Crippen LogP contribution in [-0.2, 0) is 22.7 Å². The third-order valence-corrected chi connectivity index (χ3v) is 5.91. The molecule has 1 N–H and O–H groups in total. The summed E-state index contributed by atoms with van der Waals surface area (Å²) in [7, 11) is -1.20. The molecule has 0 spiro atoms. The van der Waals surface area contributed by atoms with Gasteiger partial charge in [-0.2, -0.15) is 0 Å². The molecule has 1 aromatic carbocycles. The van der Waals surface area contributed by atoms with E-state index < -0.39 is 9.84 Å². The van der Waals surface area contributed by atoms with Crippen molar-refractivity contribution < 1.29 is 8.42 Å². The molecule has 0 aliphatic heterocycles. The van der Waals surface area contributed by atoms with E-state index in [1.807, 2.05) is 30.5 Å². The minimum Gasteiger partial charge on any atom is -0.313 e. The number of likely N-dealkylation sites (N-methyl/N-ethyl adjacent to an activating group) is 1. The molecule has 1 heterocycles. The number of rotatable bonds is 6. The van der Waals surface area contributed by atoms with Crippen molar-refractivity contribution in [2.45, 2.75) is 30.7 Å². The van der Waals surface area contributed by atoms with Crippen LogP contribution in [0.5, 0.6) is 0 Å². The van der Waals surface area contributed by atoms with Crippen molar-refractivity contribution in [2.24, 2.45) is 0 Å². The van der Waals surface area contributed by atoms with Crippen LogP contribution < -0.4 is 5.32 Å². The van der Waals surface area contributed by atoms with Gasteiger partial charge in [-0.15, -0.1) is 11.3 Å². The molecule has 0 bridgehead atoms. The Labute approximate surface area is 130 Å². The first-order valence-electron chi connectivity index (χ1n) is 6.99. The predicted molar refractivity (Wildman–Crippen MR) is 88.8 cm³/mol. The summed E-state index contributed by atoms with van der Waals surface area (Å²) in [5, 5.41) is 3.31. The van der Waals surface area contributed by atoms with Gasteiger partial charge in [0.1, 0.15) is 0 Å². The Balaban J connectivity index is 2.17. The summed E-state index contributed by atoms with van der Waals surface area (Å²) >= 11 is 1.84. The number of hydrogen-bond donors (Lipinski definition) is 1. The summed E-state index contributed by atoms with van der Waals surface area (Å²) in [6.07, 6.45) is 3.22. The van der Waals surface area contributed by atoms with Gasteiger partial charge in [0.25, 0.3) is 0 Å². The van der Waals surface area contributed by atoms with Crippen molar-refractivity contribution >= 4 is 21.2 Å². The highest BCUT2D eigenvalue weighted by Gasteiger charge is 2.13. The fourth-order valence-electron chi connectivity index (χ4n) is 2.26. The number of benzene rings is 1. The van der Waals surface area contributed by atoms with E-state index >= 15 is 0 Å². The van der Waals surface area contributed by atoms with E-state index in [2.05, 4.69) is 24.4 Å². The second kappa shape index (κ2) is 6.73. The maximum Gasteiger partial charge on any atom is 0.175 e. The maximum absolute atomic E-state index is 11.5. The lowest BCUT2D eigenvalue weighted by atomic mass is 10.0. The van der Waals surface area contributed by atoms with Crippen molar-refractivity contribution in [1.29, 1.82) is 0 Å². The Bertz CT molecular complexity index is 687. The highest BCUT2D eigenvalue weighted by Crippen LogP contribution is 2.25. The van der Waals surface area contributed by atoms with Crippen LogP contribution in [0.3, 0.4) is 0 Å². The molecule has 3 nitrogen and oxygen atoms in total. The molecule has 5 heteroatoms. The number of sulfone groups is 1. The van der Waals surface area contributed by atoms with E-state index in [1.165, 1.54) is 16.0 Å². The first kappa shape index (κ1) is 16.2. The quantitative estimate of drug-likeness (QED) is 0.888. The number of hydrogen-bond acceptors (Lipinski definition) is 4. The topological polar surface area (TPSA) is 46.2 Å². The number of aryl methyl sites for hydroxylation is 1. The van der Waals surface area contributed by atoms with Crippen LogP contribution in [0.15, 0.2) is 41.3 Å². The van der Waals surface area contributed by atoms with E-state index in [9.17, 15) is 8.42 Å². The fraction of sp³-hybridized carbons (Fsp3) is 0.375. The zero-order valence-electron chi connectivity index (χ0n) is 12.6. The minimum atomic E-state index is -3.13. The fourth-order valence-corrected chi connectivity index (χ4v) is 3.89. The van der Waals surface area contributed by atoms with Crippen LogP contribution in [-0.4, -0.2) is 21.7 Å². The van der Waals surface area contributed by atoms with Crippen LogP contribution in [0, 0.1) is 0 Å². The Morgan fingerprint density at radius 1 is 1.10 bits per heavy atom. The summed E-state index contributed by atoms with van der Waals surface area (Å²) in [5.41, 5.74) is 1.11. The molecule has 0 saturated heterocycles. The minimum absolute atomic E-state index is 0.196. The van der Waals surface area contributed by atoms with Crippen molar-refractivity contribution in [3.63, 3.8) is 0 Å². The number of nitrogens with one attached hydrogen (secondary N) is 1. The summed E-state index contributed by atoms with van der Waals surface area (Å²) in [6, 6.07) is 11.7. The van der Waals surface area contributed by atoms with Gasteiger partial charge >= 0.3 is 0 Å². The molecule has 1 unspecified atom stereocenters. The Hall–Kier alpha value is -1.17. The zero-order chi connectivity index (χ0) is 15.5. The highest BCUT2D eigenvalue weighted by atomic mass is 32.2. The molecule has 114 valence electrons. The Morgan fingerprint density at radius 2 is 1.71 bits per heavy atom. The first-order chi connectivity index (χ1) is 9.94. The van der Waals surface area contributed by atoms with Gasteiger partial charge in [-0.3, -0.25) is 0 Å². The lowest BCUT2D eigenvalue weighted by molar-refractivity contribution is 0.593. The van der Waals surface area contributed by atoms with E-state index in [4.69, 9.17) is 0 Å². The second-order valence-corrected chi connectivity index (χ2v) is 8.38. The van der Waals surface area contributed by atoms with E-state index in [0.717, 1.165) is 18.4 Å². The van der Waals surface area contributed by atoms with Gasteiger partial charge < -0.3 is 5.32 Å². The summed E-state index contributed by atoms with van der Waals surface area (Å²) in [5.74, 6) is 0. The van der Waals surface area contributed by atoms with Crippen molar-refractivity contribution in [3.8, 4) is 0 Å². The van der Waals surface area contributed by atoms with Gasteiger partial charge in [0, 0.05) is 28.5 Å². The molecular weight excluding hydrogens is 302 g/mol. The van der Waals surface area contributed by atoms with Crippen molar-refractivity contribution in [3.05, 3.63) is 51.7 Å². The molecule has 2 aromatic rings. The van der Waals surface area contributed by atoms with E-state index in [1.54, 1.807) is 12.1 Å². The van der Waals surface area contributed by atoms with Crippen LogP contribution in [0.2, 0.25) is 0 Å². The summed E-state index contributed by atoms with van der Waals surface area (Å²) < 4.78 is 23.0. The van der Waals surface area contributed by atoms with Gasteiger partial charge in [0.15, 0.2) is 9.84 Å². The monoisotopic (exact) mass is 323 g/mol. The average molecular weight is 323 g/mol. The third kappa shape index (κ3) is 4.15. The largest absolute Gasteiger partial charge is 0.313 e. The maximum atomic E-state index is 11.5. The Kier molecular flexibility index (Phi) is 5.19. The molecule has 0 amide bonds. The van der Waals surface area contributed by atoms with E-state index in [0.29, 0.717) is 4.90 Å². The van der Waals surface area contributed by atoms with Crippen LogP contribution >= 0.6 is 11.3 Å². The molecule has 1 aromatic heterocycles. The van der Waals surface area contributed by atoms with Crippen LogP contribution in [0.1, 0.15) is 28.3 Å². The second-order valence-electron chi connectivity index (χ2n) is 5.11. The number of thiophene rings is 1. The normalized spacial score (nSPS) is 13.3. The lowest BCUT2D eigenvalue weighted by Gasteiger charge is -2.16. The van der Waals surface area contributed by atoms with Gasteiger partial charge in [0.05, 0.1) is 4.90 Å². The van der Waals surface area contributed by atoms with Gasteiger partial charge in [-0.25, -0.2) is 8.42 Å². The molecule has 0 saturated carbocycles. The average Bonchev–Trinajstić information content (AvgIpc) is 2.92. The first-order valence-corrected chi connectivity index (χ1v) is 9.69. The molecule has 0 aliphatic carbocycles. The van der Waals surface area contributed by atoms with Gasteiger partial charge in [-0.05, 0) is 43.3 Å². The molecule has 0 radical (unpaired) electrons. The molecule has 1 atom stereocenters. The summed E-state index contributed by atoms with van der Waals surface area (Å²) in [4.78, 5) is 3.11. The van der Waals surface area contributed by atoms with Crippen molar-refractivity contribution in [1.82, 2.24) is 5.32 Å². The van der Waals surface area contributed by atoms with Crippen molar-refractivity contribution in [2.75, 3.05) is 13.3 Å². The molecule has 0 aliphatic rings. The smallest absolute Gasteiger partial charge is 0.175 e. The standard InChI is InChI=1S/C16H21NO2S2/c1-4-13-7-8-14(20-13)11-16(17-2)12-5-9-15(10-6-12)21(3,18)19/h5-10,16-17H,4,11H2,1-3H3. The lowest BCUT2D eigenvalue weighted by Crippen LogP contribution is -2.18. The Morgan fingerprint density at radius 3 is 2.19 bits per heavy atom. The van der Waals surface area contributed by atoms with Gasteiger partial charge in [-0.1, -0.05) is 19.1 Å². The highest BCUT2D eigenvalue weighted by molar-refractivity contribution is 7.90. The molecular formula is C16H21NO2S2. The zero-order valence-corrected chi connectivity index (χ0v) is 14.2. The van der Waals surface area contributed by atoms with Crippen LogP contribution in [0.4, 0.5) is 0 Å². The third-order valence-electron chi connectivity index (χ3n) is 3.53.